The van der Waals surface area contributed by atoms with Gasteiger partial charge in [-0.15, -0.1) is 0 Å². The predicted octanol–water partition coefficient (Wildman–Crippen LogP) is 1.23. The molecule has 1 fully saturated rings. The van der Waals surface area contributed by atoms with Crippen molar-refractivity contribution in [1.29, 1.82) is 0 Å². The van der Waals surface area contributed by atoms with Gasteiger partial charge in [0, 0.05) is 10.7 Å². The lowest BCUT2D eigenvalue weighted by molar-refractivity contribution is -0.152. The molecule has 2 amide bonds. The number of hydrogen-bond acceptors (Lipinski definition) is 5. The fourth-order valence-corrected chi connectivity index (χ4v) is 5.72. The molecule has 28 heavy (non-hydrogen) atoms. The van der Waals surface area contributed by atoms with Crippen molar-refractivity contribution in [1.82, 2.24) is 10.2 Å². The lowest BCUT2D eigenvalue weighted by atomic mass is 10.0. The van der Waals surface area contributed by atoms with Gasteiger partial charge in [0.25, 0.3) is 5.91 Å². The summed E-state index contributed by atoms with van der Waals surface area (Å²) in [6.07, 6.45) is 0.118. The largest absolute Gasteiger partial charge is 0.460 e. The van der Waals surface area contributed by atoms with Crippen molar-refractivity contribution in [3.05, 3.63) is 47.2 Å². The molecule has 0 aromatic heterocycles. The Balaban J connectivity index is 1.75. The summed E-state index contributed by atoms with van der Waals surface area (Å²) in [4.78, 5) is 38.7. The molecular weight excluding hydrogens is 516 g/mol. The van der Waals surface area contributed by atoms with Crippen LogP contribution in [0.15, 0.2) is 41.6 Å². The summed E-state index contributed by atoms with van der Waals surface area (Å²) in [6.45, 7) is 0.158. The lowest BCUT2D eigenvalue weighted by Crippen LogP contribution is -2.73. The van der Waals surface area contributed by atoms with Gasteiger partial charge in [0.2, 0.25) is 5.91 Å². The summed E-state index contributed by atoms with van der Waals surface area (Å²) in [5.41, 5.74) is 1.49. The molecule has 10 heteroatoms. The first-order valence-corrected chi connectivity index (χ1v) is 12.1. The number of fused-ring (bicyclic) bond motifs is 1. The van der Waals surface area contributed by atoms with Crippen molar-refractivity contribution in [2.24, 2.45) is 0 Å². The minimum atomic E-state index is -1.43. The summed E-state index contributed by atoms with van der Waals surface area (Å²) >= 11 is 6.46. The van der Waals surface area contributed by atoms with E-state index in [0.29, 0.717) is 16.2 Å². The Morgan fingerprint density at radius 2 is 1.96 bits per heavy atom. The Labute approximate surface area is 181 Å². The molecule has 0 saturated carbocycles. The van der Waals surface area contributed by atoms with Gasteiger partial charge in [-0.3, -0.25) is 18.7 Å². The SMILES string of the molecule is O=C(Cc1ccccc1)N[C@@H]1C(=O)N2C(C(=O)OCCBr)=C(CBr)CS(=O)[C@H]12. The minimum absolute atomic E-state index is 0.118. The number of alkyl halides is 2. The summed E-state index contributed by atoms with van der Waals surface area (Å²) in [6, 6.07) is 8.22. The molecule has 1 saturated heterocycles. The molecule has 1 unspecified atom stereocenters. The summed E-state index contributed by atoms with van der Waals surface area (Å²) in [5.74, 6) is -1.27. The lowest BCUT2D eigenvalue weighted by Gasteiger charge is -2.49. The highest BCUT2D eigenvalue weighted by atomic mass is 79.9. The van der Waals surface area contributed by atoms with Crippen LogP contribution in [-0.2, 0) is 36.3 Å². The Hall–Kier alpha value is -1.52. The van der Waals surface area contributed by atoms with Crippen LogP contribution in [0.4, 0.5) is 0 Å². The fourth-order valence-electron chi connectivity index (χ4n) is 3.15. The van der Waals surface area contributed by atoms with Gasteiger partial charge >= 0.3 is 5.97 Å². The zero-order valence-electron chi connectivity index (χ0n) is 14.7. The van der Waals surface area contributed by atoms with Crippen LogP contribution in [0.5, 0.6) is 0 Å². The van der Waals surface area contributed by atoms with E-state index in [1.807, 2.05) is 30.3 Å². The second-order valence-electron chi connectivity index (χ2n) is 6.24. The zero-order valence-corrected chi connectivity index (χ0v) is 18.7. The molecule has 0 spiro atoms. The number of ether oxygens (including phenoxy) is 1. The Kier molecular flexibility index (Phi) is 7.05. The molecule has 1 aromatic carbocycles. The molecule has 0 bridgehead atoms. The van der Waals surface area contributed by atoms with Crippen molar-refractivity contribution in [3.8, 4) is 0 Å². The number of nitrogens with zero attached hydrogens (tertiary/aromatic N) is 1. The van der Waals surface area contributed by atoms with Gasteiger partial charge < -0.3 is 10.1 Å². The number of nitrogens with one attached hydrogen (secondary N) is 1. The van der Waals surface area contributed by atoms with E-state index in [0.717, 1.165) is 5.56 Å². The van der Waals surface area contributed by atoms with Crippen LogP contribution in [0.1, 0.15) is 5.56 Å². The normalized spacial score (nSPS) is 23.7. The Bertz CT molecular complexity index is 846. The topological polar surface area (TPSA) is 92.8 Å². The van der Waals surface area contributed by atoms with Crippen LogP contribution >= 0.6 is 31.9 Å². The van der Waals surface area contributed by atoms with Crippen LogP contribution in [0.2, 0.25) is 0 Å². The number of carbonyl (C=O) groups is 3. The highest BCUT2D eigenvalue weighted by Crippen LogP contribution is 2.35. The first-order chi connectivity index (χ1) is 13.5. The molecule has 0 aliphatic carbocycles. The van der Waals surface area contributed by atoms with Gasteiger partial charge in [0.05, 0.1) is 23.0 Å². The molecule has 7 nitrogen and oxygen atoms in total. The number of rotatable bonds is 7. The standard InChI is InChI=1S/C18H18Br2N2O5S/c19-6-7-27-18(25)15-12(9-20)10-28(26)17-14(16(24)22(15)17)21-13(23)8-11-4-2-1-3-5-11/h1-5,14,17H,6-10H2,(H,21,23)/t14-,17-,28?/m1/s1. The van der Waals surface area contributed by atoms with Crippen LogP contribution < -0.4 is 5.32 Å². The highest BCUT2D eigenvalue weighted by Gasteiger charge is 2.57. The second-order valence-corrected chi connectivity index (χ2v) is 9.13. The predicted molar refractivity (Wildman–Crippen MR) is 111 cm³/mol. The summed E-state index contributed by atoms with van der Waals surface area (Å²) in [5, 5.41) is 2.67. The molecule has 2 aliphatic heterocycles. The minimum Gasteiger partial charge on any atom is -0.460 e. The second kappa shape index (κ2) is 9.32. The van der Waals surface area contributed by atoms with Gasteiger partial charge in [-0.1, -0.05) is 62.2 Å². The molecule has 2 heterocycles. The van der Waals surface area contributed by atoms with E-state index >= 15 is 0 Å². The smallest absolute Gasteiger partial charge is 0.355 e. The van der Waals surface area contributed by atoms with Crippen LogP contribution in [0.25, 0.3) is 0 Å². The number of hydrogen-bond donors (Lipinski definition) is 1. The van der Waals surface area contributed by atoms with Crippen molar-refractivity contribution >= 4 is 60.4 Å². The quantitative estimate of drug-likeness (QED) is 0.323. The third-order valence-corrected chi connectivity index (χ3v) is 7.05. The van der Waals surface area contributed by atoms with E-state index in [9.17, 15) is 18.6 Å². The summed E-state index contributed by atoms with van der Waals surface area (Å²) < 4.78 is 17.8. The van der Waals surface area contributed by atoms with Crippen molar-refractivity contribution < 1.29 is 23.3 Å². The number of amides is 2. The number of carbonyl (C=O) groups excluding carboxylic acids is 3. The van der Waals surface area contributed by atoms with Gasteiger partial charge in [-0.05, 0) is 11.1 Å². The average molecular weight is 534 g/mol. The van der Waals surface area contributed by atoms with E-state index < -0.39 is 34.1 Å². The average Bonchev–Trinajstić information content (AvgIpc) is 2.70. The molecule has 1 N–H and O–H groups in total. The third kappa shape index (κ3) is 4.23. The molecule has 3 rings (SSSR count). The number of β-lactam (4-membered cyclic amide) rings is 1. The van der Waals surface area contributed by atoms with Crippen molar-refractivity contribution in [2.45, 2.75) is 17.8 Å². The van der Waals surface area contributed by atoms with Crippen molar-refractivity contribution in [3.63, 3.8) is 0 Å². The Morgan fingerprint density at radius 1 is 1.25 bits per heavy atom. The number of esters is 1. The first-order valence-electron chi connectivity index (χ1n) is 8.52. The van der Waals surface area contributed by atoms with Gasteiger partial charge in [0.15, 0.2) is 0 Å². The van der Waals surface area contributed by atoms with E-state index in [1.54, 1.807) is 0 Å². The zero-order chi connectivity index (χ0) is 20.3. The monoisotopic (exact) mass is 532 g/mol. The molecule has 150 valence electrons. The van der Waals surface area contributed by atoms with Gasteiger partial charge in [-0.2, -0.15) is 0 Å². The van der Waals surface area contributed by atoms with Crippen LogP contribution in [0, 0.1) is 0 Å². The number of halogens is 2. The van der Waals surface area contributed by atoms with Crippen LogP contribution in [0.3, 0.4) is 0 Å². The van der Waals surface area contributed by atoms with E-state index in [-0.39, 0.29) is 30.4 Å². The van der Waals surface area contributed by atoms with E-state index in [2.05, 4.69) is 37.2 Å². The molecule has 1 aromatic rings. The maximum Gasteiger partial charge on any atom is 0.355 e. The summed E-state index contributed by atoms with van der Waals surface area (Å²) in [7, 11) is -1.43. The molecule has 2 aliphatic rings. The fraction of sp³-hybridized carbons (Fsp3) is 0.389. The Morgan fingerprint density at radius 3 is 2.61 bits per heavy atom. The molecule has 3 atom stereocenters. The van der Waals surface area contributed by atoms with Gasteiger partial charge in [0.1, 0.15) is 23.7 Å². The number of benzene rings is 1. The third-order valence-electron chi connectivity index (χ3n) is 4.39. The molecular formula is C18H18Br2N2O5S. The van der Waals surface area contributed by atoms with E-state index in [4.69, 9.17) is 4.74 Å². The first kappa shape index (κ1) is 21.2. The maximum atomic E-state index is 12.7. The molecule has 0 radical (unpaired) electrons. The maximum absolute atomic E-state index is 12.7. The van der Waals surface area contributed by atoms with E-state index in [1.165, 1.54) is 4.90 Å². The van der Waals surface area contributed by atoms with Crippen LogP contribution in [-0.4, -0.2) is 61.3 Å². The van der Waals surface area contributed by atoms with Crippen molar-refractivity contribution in [2.75, 3.05) is 23.0 Å². The van der Waals surface area contributed by atoms with Gasteiger partial charge in [-0.25, -0.2) is 4.79 Å². The highest BCUT2D eigenvalue weighted by molar-refractivity contribution is 9.09.